The summed E-state index contributed by atoms with van der Waals surface area (Å²) in [6.45, 7) is 6.04. The number of carbonyl (C=O) groups excluding carboxylic acids is 1. The summed E-state index contributed by atoms with van der Waals surface area (Å²) < 4.78 is 0. The fourth-order valence-corrected chi connectivity index (χ4v) is 4.61. The molecule has 4 rings (SSSR count). The molecule has 34 heavy (non-hydrogen) atoms. The molecule has 0 spiro atoms. The van der Waals surface area contributed by atoms with Crippen molar-refractivity contribution in [2.24, 2.45) is 0 Å². The molecule has 1 aliphatic heterocycles. The predicted octanol–water partition coefficient (Wildman–Crippen LogP) is 4.43. The number of anilines is 1. The molecule has 3 aromatic rings. The van der Waals surface area contributed by atoms with Crippen molar-refractivity contribution in [1.82, 2.24) is 10.2 Å². The van der Waals surface area contributed by atoms with E-state index in [4.69, 9.17) is 0 Å². The standard InChI is InChI=1S/C27H30N4O3/c1-20(23-10-6-7-11-24(23)27(32)28-2)22-12-13-25(26(18-22)31(33)34)30-16-14-29(15-17-30)19-21-8-4-3-5-9-21/h3-13,18,20H,14-17,19H2,1-2H3,(H,28,32). The van der Waals surface area contributed by atoms with Gasteiger partial charge in [0, 0.05) is 57.3 Å². The zero-order valence-electron chi connectivity index (χ0n) is 19.6. The minimum atomic E-state index is -0.299. The van der Waals surface area contributed by atoms with E-state index in [1.807, 2.05) is 55.5 Å². The number of nitro benzene ring substituents is 1. The Kier molecular flexibility index (Phi) is 7.23. The molecule has 7 heteroatoms. The van der Waals surface area contributed by atoms with Gasteiger partial charge in [0.1, 0.15) is 5.69 Å². The van der Waals surface area contributed by atoms with Gasteiger partial charge in [-0.05, 0) is 28.8 Å². The molecular weight excluding hydrogens is 428 g/mol. The third-order valence-corrected chi connectivity index (χ3v) is 6.56. The van der Waals surface area contributed by atoms with E-state index in [2.05, 4.69) is 27.2 Å². The number of rotatable bonds is 7. The maximum Gasteiger partial charge on any atom is 0.292 e. The SMILES string of the molecule is CNC(=O)c1ccccc1C(C)c1ccc(N2CCN(Cc3ccccc3)CC2)c([N+](=O)[O-])c1. The monoisotopic (exact) mass is 458 g/mol. The Balaban J connectivity index is 1.53. The van der Waals surface area contributed by atoms with Crippen molar-refractivity contribution >= 4 is 17.3 Å². The first-order chi connectivity index (χ1) is 16.5. The molecule has 0 saturated carbocycles. The summed E-state index contributed by atoms with van der Waals surface area (Å²) in [4.78, 5) is 28.5. The lowest BCUT2D eigenvalue weighted by Crippen LogP contribution is -2.46. The number of piperazine rings is 1. The third-order valence-electron chi connectivity index (χ3n) is 6.56. The highest BCUT2D eigenvalue weighted by atomic mass is 16.6. The van der Waals surface area contributed by atoms with Crippen LogP contribution in [0.3, 0.4) is 0 Å². The first-order valence-corrected chi connectivity index (χ1v) is 11.6. The van der Waals surface area contributed by atoms with Crippen molar-refractivity contribution < 1.29 is 9.72 Å². The van der Waals surface area contributed by atoms with Gasteiger partial charge in [-0.25, -0.2) is 0 Å². The quantitative estimate of drug-likeness (QED) is 0.419. The Morgan fingerprint density at radius 2 is 1.68 bits per heavy atom. The van der Waals surface area contributed by atoms with Crippen molar-refractivity contribution in [1.29, 1.82) is 0 Å². The summed E-state index contributed by atoms with van der Waals surface area (Å²) in [5, 5.41) is 14.7. The van der Waals surface area contributed by atoms with Gasteiger partial charge in [-0.2, -0.15) is 0 Å². The Hall–Kier alpha value is -3.71. The van der Waals surface area contributed by atoms with E-state index >= 15 is 0 Å². The minimum Gasteiger partial charge on any atom is -0.363 e. The summed E-state index contributed by atoms with van der Waals surface area (Å²) >= 11 is 0. The number of hydrogen-bond acceptors (Lipinski definition) is 5. The highest BCUT2D eigenvalue weighted by Gasteiger charge is 2.26. The van der Waals surface area contributed by atoms with Crippen LogP contribution in [-0.4, -0.2) is 49.0 Å². The van der Waals surface area contributed by atoms with Crippen LogP contribution < -0.4 is 10.2 Å². The van der Waals surface area contributed by atoms with Gasteiger partial charge < -0.3 is 10.2 Å². The zero-order chi connectivity index (χ0) is 24.1. The van der Waals surface area contributed by atoms with Crippen LogP contribution in [0.5, 0.6) is 0 Å². The number of hydrogen-bond donors (Lipinski definition) is 1. The number of nitrogens with zero attached hydrogens (tertiary/aromatic N) is 3. The molecule has 1 amide bonds. The number of nitrogens with one attached hydrogen (secondary N) is 1. The molecule has 0 bridgehead atoms. The largest absolute Gasteiger partial charge is 0.363 e. The maximum atomic E-state index is 12.3. The fourth-order valence-electron chi connectivity index (χ4n) is 4.61. The summed E-state index contributed by atoms with van der Waals surface area (Å²) in [5.41, 5.74) is 4.28. The second kappa shape index (κ2) is 10.5. The van der Waals surface area contributed by atoms with Crippen LogP contribution in [0, 0.1) is 10.1 Å². The van der Waals surface area contributed by atoms with E-state index in [-0.39, 0.29) is 22.4 Å². The molecule has 1 unspecified atom stereocenters. The molecule has 0 radical (unpaired) electrons. The number of benzene rings is 3. The third kappa shape index (κ3) is 5.10. The normalized spacial score (nSPS) is 15.1. The summed E-state index contributed by atoms with van der Waals surface area (Å²) in [6, 6.07) is 23.2. The highest BCUT2D eigenvalue weighted by molar-refractivity contribution is 5.95. The van der Waals surface area contributed by atoms with Crippen molar-refractivity contribution in [2.45, 2.75) is 19.4 Å². The van der Waals surface area contributed by atoms with Crippen LogP contribution in [0.2, 0.25) is 0 Å². The predicted molar refractivity (Wildman–Crippen MR) is 134 cm³/mol. The molecule has 1 N–H and O–H groups in total. The highest BCUT2D eigenvalue weighted by Crippen LogP contribution is 2.35. The molecule has 176 valence electrons. The molecule has 0 aromatic heterocycles. The van der Waals surface area contributed by atoms with Gasteiger partial charge in [-0.15, -0.1) is 0 Å². The second-order valence-electron chi connectivity index (χ2n) is 8.64. The molecule has 1 aliphatic rings. The number of carbonyl (C=O) groups is 1. The first kappa shape index (κ1) is 23.4. The van der Waals surface area contributed by atoms with Crippen LogP contribution in [0.25, 0.3) is 0 Å². The molecule has 3 aromatic carbocycles. The van der Waals surface area contributed by atoms with Gasteiger partial charge in [0.2, 0.25) is 0 Å². The fraction of sp³-hybridized carbons (Fsp3) is 0.296. The summed E-state index contributed by atoms with van der Waals surface area (Å²) in [5.74, 6) is -0.328. The lowest BCUT2D eigenvalue weighted by Gasteiger charge is -2.36. The smallest absolute Gasteiger partial charge is 0.292 e. The summed E-state index contributed by atoms with van der Waals surface area (Å²) in [6.07, 6.45) is 0. The van der Waals surface area contributed by atoms with E-state index < -0.39 is 0 Å². The van der Waals surface area contributed by atoms with Gasteiger partial charge in [-0.3, -0.25) is 19.8 Å². The van der Waals surface area contributed by atoms with Crippen molar-refractivity contribution in [3.63, 3.8) is 0 Å². The molecular formula is C27H30N4O3. The van der Waals surface area contributed by atoms with Crippen LogP contribution in [0.15, 0.2) is 72.8 Å². The molecule has 0 aliphatic carbocycles. The van der Waals surface area contributed by atoms with Gasteiger partial charge in [0.25, 0.3) is 11.6 Å². The van der Waals surface area contributed by atoms with E-state index in [1.165, 1.54) is 5.56 Å². The van der Waals surface area contributed by atoms with Crippen LogP contribution in [0.1, 0.15) is 39.9 Å². The van der Waals surface area contributed by atoms with Crippen LogP contribution in [-0.2, 0) is 6.54 Å². The van der Waals surface area contributed by atoms with E-state index in [0.29, 0.717) is 11.3 Å². The Bertz CT molecular complexity index is 1160. The lowest BCUT2D eigenvalue weighted by molar-refractivity contribution is -0.384. The number of nitro groups is 1. The lowest BCUT2D eigenvalue weighted by atomic mass is 9.89. The van der Waals surface area contributed by atoms with Crippen LogP contribution >= 0.6 is 0 Å². The van der Waals surface area contributed by atoms with Gasteiger partial charge in [-0.1, -0.05) is 61.5 Å². The summed E-state index contributed by atoms with van der Waals surface area (Å²) in [7, 11) is 1.60. The van der Waals surface area contributed by atoms with Crippen molar-refractivity contribution in [3.05, 3.63) is 105 Å². The Labute approximate surface area is 200 Å². The van der Waals surface area contributed by atoms with Crippen molar-refractivity contribution in [3.8, 4) is 0 Å². The molecule has 1 fully saturated rings. The van der Waals surface area contributed by atoms with E-state index in [9.17, 15) is 14.9 Å². The Morgan fingerprint density at radius 1 is 1.00 bits per heavy atom. The molecule has 7 nitrogen and oxygen atoms in total. The molecule has 1 atom stereocenters. The molecule has 1 heterocycles. The first-order valence-electron chi connectivity index (χ1n) is 11.6. The average molecular weight is 459 g/mol. The minimum absolute atomic E-state index is 0.110. The van der Waals surface area contributed by atoms with E-state index in [0.717, 1.165) is 43.9 Å². The number of amides is 1. The van der Waals surface area contributed by atoms with Crippen LogP contribution in [0.4, 0.5) is 11.4 Å². The second-order valence-corrected chi connectivity index (χ2v) is 8.64. The van der Waals surface area contributed by atoms with Crippen molar-refractivity contribution in [2.75, 3.05) is 38.1 Å². The van der Waals surface area contributed by atoms with E-state index in [1.54, 1.807) is 19.2 Å². The van der Waals surface area contributed by atoms with Gasteiger partial charge in [0.15, 0.2) is 0 Å². The Morgan fingerprint density at radius 3 is 2.35 bits per heavy atom. The zero-order valence-corrected chi connectivity index (χ0v) is 19.6. The average Bonchev–Trinajstić information content (AvgIpc) is 2.88. The topological polar surface area (TPSA) is 78.7 Å². The van der Waals surface area contributed by atoms with Gasteiger partial charge >= 0.3 is 0 Å². The maximum absolute atomic E-state index is 12.3. The molecule has 1 saturated heterocycles. The van der Waals surface area contributed by atoms with Gasteiger partial charge in [0.05, 0.1) is 4.92 Å².